The zero-order valence-electron chi connectivity index (χ0n) is 13.2. The Bertz CT molecular complexity index is 396. The molecule has 1 aromatic carbocycles. The third-order valence-electron chi connectivity index (χ3n) is 3.50. The average molecular weight is 294 g/mol. The van der Waals surface area contributed by atoms with Gasteiger partial charge in [0.15, 0.2) is 0 Å². The highest BCUT2D eigenvalue weighted by Crippen LogP contribution is 2.17. The first-order chi connectivity index (χ1) is 10.2. The van der Waals surface area contributed by atoms with E-state index in [-0.39, 0.29) is 0 Å². The molecule has 21 heavy (non-hydrogen) atoms. The molecule has 1 rings (SSSR count). The van der Waals surface area contributed by atoms with Crippen molar-refractivity contribution in [3.63, 3.8) is 0 Å². The lowest BCUT2D eigenvalue weighted by molar-refractivity contribution is 0.115. The summed E-state index contributed by atoms with van der Waals surface area (Å²) in [6.45, 7) is 3.37. The topological polar surface area (TPSA) is 58.9 Å². The van der Waals surface area contributed by atoms with Gasteiger partial charge in [-0.2, -0.15) is 0 Å². The van der Waals surface area contributed by atoms with E-state index in [1.54, 1.807) is 25.3 Å². The summed E-state index contributed by atoms with van der Waals surface area (Å²) in [5, 5.41) is 18.4. The molecule has 0 aromatic heterocycles. The Morgan fingerprint density at radius 3 is 2.43 bits per heavy atom. The fourth-order valence-corrected chi connectivity index (χ4v) is 2.24. The molecule has 0 amide bonds. The number of benzene rings is 1. The Kier molecular flexibility index (Phi) is 9.14. The van der Waals surface area contributed by atoms with Crippen molar-refractivity contribution in [1.82, 2.24) is 0 Å². The summed E-state index contributed by atoms with van der Waals surface area (Å²) in [6.07, 6.45) is 7.42. The van der Waals surface area contributed by atoms with Gasteiger partial charge >= 0.3 is 7.12 Å². The van der Waals surface area contributed by atoms with Gasteiger partial charge in [0, 0.05) is 12.2 Å². The molecule has 0 saturated carbocycles. The summed E-state index contributed by atoms with van der Waals surface area (Å²) >= 11 is 0. The normalized spacial score (nSPS) is 10.7. The van der Waals surface area contributed by atoms with E-state index < -0.39 is 7.12 Å². The Morgan fingerprint density at radius 2 is 1.76 bits per heavy atom. The van der Waals surface area contributed by atoms with Crippen molar-refractivity contribution < 1.29 is 19.5 Å². The lowest BCUT2D eigenvalue weighted by atomic mass is 9.79. The first-order valence-corrected chi connectivity index (χ1v) is 7.79. The van der Waals surface area contributed by atoms with Gasteiger partial charge < -0.3 is 19.5 Å². The standard InChI is InChI=1S/C16H27BO4/c1-3-4-5-6-7-8-11-21-13-14-12-15(17(18)19)9-10-16(14)20-2/h9-10,12,18-19H,3-8,11,13H2,1-2H3. The van der Waals surface area contributed by atoms with E-state index in [0.29, 0.717) is 17.8 Å². The van der Waals surface area contributed by atoms with Gasteiger partial charge in [0.05, 0.1) is 13.7 Å². The van der Waals surface area contributed by atoms with Crippen molar-refractivity contribution in [3.05, 3.63) is 23.8 Å². The van der Waals surface area contributed by atoms with E-state index in [0.717, 1.165) is 18.6 Å². The van der Waals surface area contributed by atoms with Crippen LogP contribution in [0.25, 0.3) is 0 Å². The van der Waals surface area contributed by atoms with Crippen molar-refractivity contribution in [2.24, 2.45) is 0 Å². The van der Waals surface area contributed by atoms with E-state index >= 15 is 0 Å². The minimum Gasteiger partial charge on any atom is -0.496 e. The van der Waals surface area contributed by atoms with Crippen molar-refractivity contribution >= 4 is 12.6 Å². The van der Waals surface area contributed by atoms with E-state index in [2.05, 4.69) is 6.92 Å². The van der Waals surface area contributed by atoms with Crippen LogP contribution in [0.2, 0.25) is 0 Å². The lowest BCUT2D eigenvalue weighted by Gasteiger charge is -2.11. The lowest BCUT2D eigenvalue weighted by Crippen LogP contribution is -2.30. The maximum absolute atomic E-state index is 9.20. The Labute approximate surface area is 128 Å². The molecule has 0 fully saturated rings. The predicted molar refractivity (Wildman–Crippen MR) is 85.9 cm³/mol. The molecule has 0 spiro atoms. The van der Waals surface area contributed by atoms with Gasteiger partial charge in [-0.1, -0.05) is 51.2 Å². The number of ether oxygens (including phenoxy) is 2. The molecular weight excluding hydrogens is 267 g/mol. The smallest absolute Gasteiger partial charge is 0.488 e. The van der Waals surface area contributed by atoms with Crippen molar-refractivity contribution in [3.8, 4) is 5.75 Å². The third-order valence-corrected chi connectivity index (χ3v) is 3.50. The van der Waals surface area contributed by atoms with Gasteiger partial charge in [-0.3, -0.25) is 0 Å². The molecule has 0 aliphatic heterocycles. The Balaban J connectivity index is 2.32. The van der Waals surface area contributed by atoms with Crippen molar-refractivity contribution in [2.75, 3.05) is 13.7 Å². The van der Waals surface area contributed by atoms with E-state index in [1.165, 1.54) is 32.1 Å². The summed E-state index contributed by atoms with van der Waals surface area (Å²) in [6, 6.07) is 5.09. The Morgan fingerprint density at radius 1 is 1.05 bits per heavy atom. The molecule has 118 valence electrons. The zero-order chi connectivity index (χ0) is 15.5. The van der Waals surface area contributed by atoms with Crippen molar-refractivity contribution in [2.45, 2.75) is 52.1 Å². The molecular formula is C16H27BO4. The summed E-state index contributed by atoms with van der Waals surface area (Å²) in [5.74, 6) is 0.711. The summed E-state index contributed by atoms with van der Waals surface area (Å²) in [5.41, 5.74) is 1.29. The number of methoxy groups -OCH3 is 1. The van der Waals surface area contributed by atoms with Crippen molar-refractivity contribution in [1.29, 1.82) is 0 Å². The highest BCUT2D eigenvalue weighted by molar-refractivity contribution is 6.58. The molecule has 5 heteroatoms. The summed E-state index contributed by atoms with van der Waals surface area (Å²) in [4.78, 5) is 0. The van der Waals surface area contributed by atoms with Gasteiger partial charge in [-0.25, -0.2) is 0 Å². The molecule has 0 aliphatic rings. The van der Waals surface area contributed by atoms with Gasteiger partial charge in [0.1, 0.15) is 5.75 Å². The molecule has 0 unspecified atom stereocenters. The second-order valence-electron chi connectivity index (χ2n) is 5.27. The second-order valence-corrected chi connectivity index (χ2v) is 5.27. The van der Waals surface area contributed by atoms with Crippen LogP contribution in [-0.4, -0.2) is 30.9 Å². The molecule has 0 aliphatic carbocycles. The molecule has 0 heterocycles. The molecule has 0 bridgehead atoms. The number of hydrogen-bond donors (Lipinski definition) is 2. The van der Waals surface area contributed by atoms with Gasteiger partial charge in [-0.15, -0.1) is 0 Å². The first-order valence-electron chi connectivity index (χ1n) is 7.79. The van der Waals surface area contributed by atoms with Gasteiger partial charge in [0.2, 0.25) is 0 Å². The fourth-order valence-electron chi connectivity index (χ4n) is 2.24. The largest absolute Gasteiger partial charge is 0.496 e. The van der Waals surface area contributed by atoms with Crippen LogP contribution in [-0.2, 0) is 11.3 Å². The second kappa shape index (κ2) is 10.7. The average Bonchev–Trinajstić information content (AvgIpc) is 2.49. The maximum atomic E-state index is 9.20. The molecule has 2 N–H and O–H groups in total. The van der Waals surface area contributed by atoms with Crippen LogP contribution in [0.1, 0.15) is 51.0 Å². The molecule has 0 atom stereocenters. The minimum atomic E-state index is -1.46. The molecule has 0 saturated heterocycles. The van der Waals surface area contributed by atoms with Crippen LogP contribution >= 0.6 is 0 Å². The highest BCUT2D eigenvalue weighted by Gasteiger charge is 2.13. The van der Waals surface area contributed by atoms with E-state index in [4.69, 9.17) is 9.47 Å². The summed E-state index contributed by atoms with van der Waals surface area (Å²) in [7, 11) is 0.134. The van der Waals surface area contributed by atoms with E-state index in [1.807, 2.05) is 0 Å². The van der Waals surface area contributed by atoms with Crippen LogP contribution in [0.5, 0.6) is 5.75 Å². The SMILES string of the molecule is CCCCCCCCOCc1cc(B(O)O)ccc1OC. The third kappa shape index (κ3) is 6.98. The van der Waals surface area contributed by atoms with Crippen LogP contribution < -0.4 is 10.2 Å². The molecule has 0 radical (unpaired) electrons. The molecule has 4 nitrogen and oxygen atoms in total. The number of rotatable bonds is 11. The highest BCUT2D eigenvalue weighted by atomic mass is 16.5. The fraction of sp³-hybridized carbons (Fsp3) is 0.625. The number of hydrogen-bond acceptors (Lipinski definition) is 4. The number of unbranched alkanes of at least 4 members (excludes halogenated alkanes) is 5. The van der Waals surface area contributed by atoms with E-state index in [9.17, 15) is 10.0 Å². The van der Waals surface area contributed by atoms with Crippen LogP contribution in [0.3, 0.4) is 0 Å². The molecule has 1 aromatic rings. The predicted octanol–water partition coefficient (Wildman–Crippen LogP) is 2.25. The monoisotopic (exact) mass is 294 g/mol. The maximum Gasteiger partial charge on any atom is 0.488 e. The zero-order valence-corrected chi connectivity index (χ0v) is 13.2. The van der Waals surface area contributed by atoms with Gasteiger partial charge in [-0.05, 0) is 17.9 Å². The van der Waals surface area contributed by atoms with Gasteiger partial charge in [0.25, 0.3) is 0 Å². The summed E-state index contributed by atoms with van der Waals surface area (Å²) < 4.78 is 10.9. The van der Waals surface area contributed by atoms with Crippen LogP contribution in [0, 0.1) is 0 Å². The minimum absolute atomic E-state index is 0.429. The quantitative estimate of drug-likeness (QED) is 0.485. The Hall–Kier alpha value is -1.04. The first kappa shape index (κ1) is 18.0. The van der Waals surface area contributed by atoms with Crippen LogP contribution in [0.4, 0.5) is 0 Å². The van der Waals surface area contributed by atoms with Crippen LogP contribution in [0.15, 0.2) is 18.2 Å².